The summed E-state index contributed by atoms with van der Waals surface area (Å²) in [7, 11) is 0. The topological polar surface area (TPSA) is 63.6 Å². The van der Waals surface area contributed by atoms with E-state index in [1.165, 1.54) is 32.6 Å². The maximum absolute atomic E-state index is 12.1. The van der Waals surface area contributed by atoms with E-state index in [2.05, 4.69) is 0 Å². The van der Waals surface area contributed by atoms with Crippen LogP contribution in [0.5, 0.6) is 0 Å². The molecule has 4 aliphatic rings. The van der Waals surface area contributed by atoms with Crippen molar-refractivity contribution in [1.29, 1.82) is 0 Å². The third-order valence-corrected chi connectivity index (χ3v) is 7.12. The monoisotopic (exact) mass is 292 g/mol. The highest BCUT2D eigenvalue weighted by Crippen LogP contribution is 2.70. The molecule has 8 atom stereocenters. The average Bonchev–Trinajstić information content (AvgIpc) is 3.13. The van der Waals surface area contributed by atoms with Crippen molar-refractivity contribution in [2.24, 2.45) is 41.4 Å². The molecule has 4 nitrogen and oxygen atoms in total. The summed E-state index contributed by atoms with van der Waals surface area (Å²) in [6, 6.07) is 0. The molecule has 1 N–H and O–H groups in total. The molecule has 8 unspecified atom stereocenters. The van der Waals surface area contributed by atoms with Gasteiger partial charge in [-0.25, -0.2) is 0 Å². The first kappa shape index (κ1) is 13.6. The van der Waals surface area contributed by atoms with Gasteiger partial charge < -0.3 is 9.84 Å². The quantitative estimate of drug-likeness (QED) is 0.493. The van der Waals surface area contributed by atoms with Gasteiger partial charge in [-0.2, -0.15) is 0 Å². The summed E-state index contributed by atoms with van der Waals surface area (Å²) in [4.78, 5) is 23.0. The Balaban J connectivity index is 1.53. The molecule has 0 amide bonds. The smallest absolute Gasteiger partial charge is 0.320 e. The summed E-state index contributed by atoms with van der Waals surface area (Å²) in [5.74, 6) is 1.83. The molecular formula is C17H24O4. The van der Waals surface area contributed by atoms with Crippen molar-refractivity contribution >= 4 is 11.9 Å². The molecule has 0 saturated heterocycles. The fourth-order valence-electron chi connectivity index (χ4n) is 6.40. The lowest BCUT2D eigenvalue weighted by Crippen LogP contribution is -2.46. The van der Waals surface area contributed by atoms with E-state index in [0.717, 1.165) is 30.1 Å². The number of rotatable bonds is 3. The maximum atomic E-state index is 12.1. The van der Waals surface area contributed by atoms with E-state index in [-0.39, 0.29) is 0 Å². The van der Waals surface area contributed by atoms with Crippen LogP contribution in [0.3, 0.4) is 0 Å². The van der Waals surface area contributed by atoms with Gasteiger partial charge in [0.1, 0.15) is 5.60 Å². The number of esters is 1. The SMILES string of the molecule is CC(C(=O)O)C(=O)OC1(C)CC2CC1C1C3CCC(C3)C21. The van der Waals surface area contributed by atoms with E-state index in [9.17, 15) is 9.59 Å². The van der Waals surface area contributed by atoms with Crippen LogP contribution in [0, 0.1) is 41.4 Å². The number of carboxylic acids is 1. The third-order valence-electron chi connectivity index (χ3n) is 7.12. The number of ether oxygens (including phenoxy) is 1. The molecule has 116 valence electrons. The number of aliphatic carboxylic acids is 1. The molecule has 4 rings (SSSR count). The van der Waals surface area contributed by atoms with E-state index in [0.29, 0.717) is 11.8 Å². The fraction of sp³-hybridized carbons (Fsp3) is 0.882. The van der Waals surface area contributed by atoms with Crippen LogP contribution in [0.2, 0.25) is 0 Å². The van der Waals surface area contributed by atoms with Crippen LogP contribution < -0.4 is 0 Å². The van der Waals surface area contributed by atoms with Gasteiger partial charge in [0.25, 0.3) is 0 Å². The van der Waals surface area contributed by atoms with Crippen LogP contribution in [0.4, 0.5) is 0 Å². The summed E-state index contributed by atoms with van der Waals surface area (Å²) in [6.07, 6.45) is 6.28. The van der Waals surface area contributed by atoms with Crippen LogP contribution in [0.15, 0.2) is 0 Å². The molecule has 4 heteroatoms. The molecule has 0 aliphatic heterocycles. The molecule has 21 heavy (non-hydrogen) atoms. The van der Waals surface area contributed by atoms with E-state index in [1.807, 2.05) is 6.92 Å². The van der Waals surface area contributed by atoms with E-state index >= 15 is 0 Å². The molecular weight excluding hydrogens is 268 g/mol. The molecule has 0 spiro atoms. The summed E-state index contributed by atoms with van der Waals surface area (Å²) in [5.41, 5.74) is -0.420. The second-order valence-corrected chi connectivity index (χ2v) is 8.09. The van der Waals surface area contributed by atoms with Gasteiger partial charge in [-0.3, -0.25) is 9.59 Å². The number of fused-ring (bicyclic) bond motifs is 9. The van der Waals surface area contributed by atoms with Gasteiger partial charge in [-0.15, -0.1) is 0 Å². The summed E-state index contributed by atoms with van der Waals surface area (Å²) >= 11 is 0. The molecule has 0 radical (unpaired) electrons. The zero-order chi connectivity index (χ0) is 14.9. The summed E-state index contributed by atoms with van der Waals surface area (Å²) < 4.78 is 5.75. The highest BCUT2D eigenvalue weighted by Gasteiger charge is 2.67. The molecule has 4 aliphatic carbocycles. The van der Waals surface area contributed by atoms with Crippen molar-refractivity contribution < 1.29 is 19.4 Å². The van der Waals surface area contributed by atoms with Gasteiger partial charge in [0.2, 0.25) is 0 Å². The molecule has 0 aromatic rings. The second kappa shape index (κ2) is 4.23. The Bertz CT molecular complexity index is 501. The third kappa shape index (κ3) is 1.74. The average molecular weight is 292 g/mol. The van der Waals surface area contributed by atoms with Crippen molar-refractivity contribution in [3.05, 3.63) is 0 Å². The number of hydrogen-bond donors (Lipinski definition) is 1. The first-order valence-electron chi connectivity index (χ1n) is 8.36. The Hall–Kier alpha value is -1.06. The number of hydrogen-bond acceptors (Lipinski definition) is 3. The molecule has 4 saturated carbocycles. The minimum Gasteiger partial charge on any atom is -0.481 e. The van der Waals surface area contributed by atoms with E-state index < -0.39 is 23.5 Å². The Morgan fingerprint density at radius 3 is 2.48 bits per heavy atom. The number of carboxylic acid groups (broad SMARTS) is 1. The zero-order valence-electron chi connectivity index (χ0n) is 12.7. The Morgan fingerprint density at radius 2 is 1.81 bits per heavy atom. The lowest BCUT2D eigenvalue weighted by atomic mass is 9.66. The van der Waals surface area contributed by atoms with Gasteiger partial charge in [0.15, 0.2) is 5.92 Å². The number of carbonyl (C=O) groups excluding carboxylic acids is 1. The first-order chi connectivity index (χ1) is 9.90. The standard InChI is InChI=1S/C17H24O4/c1-8(15(18)19)16(20)21-17(2)7-11-6-12(17)14-10-4-3-9(5-10)13(11)14/h8-14H,3-7H2,1-2H3,(H,18,19). The van der Waals surface area contributed by atoms with Gasteiger partial charge in [0, 0.05) is 5.92 Å². The van der Waals surface area contributed by atoms with E-state index in [4.69, 9.17) is 9.84 Å². The van der Waals surface area contributed by atoms with Crippen molar-refractivity contribution in [3.8, 4) is 0 Å². The highest BCUT2D eigenvalue weighted by molar-refractivity contribution is 5.93. The van der Waals surface area contributed by atoms with Gasteiger partial charge in [0.05, 0.1) is 0 Å². The van der Waals surface area contributed by atoms with Crippen LogP contribution in [-0.2, 0) is 14.3 Å². The Morgan fingerprint density at radius 1 is 1.14 bits per heavy atom. The molecule has 4 bridgehead atoms. The summed E-state index contributed by atoms with van der Waals surface area (Å²) in [6.45, 7) is 3.47. The predicted molar refractivity (Wildman–Crippen MR) is 75.3 cm³/mol. The van der Waals surface area contributed by atoms with Crippen LogP contribution in [0.1, 0.15) is 46.0 Å². The van der Waals surface area contributed by atoms with Crippen LogP contribution >= 0.6 is 0 Å². The van der Waals surface area contributed by atoms with Crippen LogP contribution in [-0.4, -0.2) is 22.6 Å². The second-order valence-electron chi connectivity index (χ2n) is 8.09. The van der Waals surface area contributed by atoms with Gasteiger partial charge in [-0.05, 0) is 75.5 Å². The van der Waals surface area contributed by atoms with Gasteiger partial charge >= 0.3 is 11.9 Å². The zero-order valence-corrected chi connectivity index (χ0v) is 12.7. The Labute approximate surface area is 125 Å². The fourth-order valence-corrected chi connectivity index (χ4v) is 6.40. The van der Waals surface area contributed by atoms with Crippen LogP contribution in [0.25, 0.3) is 0 Å². The Kier molecular flexibility index (Phi) is 2.74. The van der Waals surface area contributed by atoms with Crippen molar-refractivity contribution in [1.82, 2.24) is 0 Å². The number of carbonyl (C=O) groups is 2. The normalized spacial score (nSPS) is 51.0. The predicted octanol–water partition coefficient (Wildman–Crippen LogP) is 2.71. The van der Waals surface area contributed by atoms with E-state index in [1.54, 1.807) is 0 Å². The van der Waals surface area contributed by atoms with Crippen molar-refractivity contribution in [3.63, 3.8) is 0 Å². The summed E-state index contributed by atoms with van der Waals surface area (Å²) in [5, 5.41) is 8.98. The van der Waals surface area contributed by atoms with Gasteiger partial charge in [-0.1, -0.05) is 0 Å². The molecule has 0 heterocycles. The highest BCUT2D eigenvalue weighted by atomic mass is 16.6. The lowest BCUT2D eigenvalue weighted by molar-refractivity contribution is -0.177. The molecule has 0 aromatic carbocycles. The molecule has 0 aromatic heterocycles. The largest absolute Gasteiger partial charge is 0.481 e. The lowest BCUT2D eigenvalue weighted by Gasteiger charge is -2.44. The molecule has 4 fully saturated rings. The minimum atomic E-state index is -1.09. The minimum absolute atomic E-state index is 0.420. The first-order valence-corrected chi connectivity index (χ1v) is 8.36. The maximum Gasteiger partial charge on any atom is 0.320 e. The van der Waals surface area contributed by atoms with Crippen molar-refractivity contribution in [2.45, 2.75) is 51.6 Å². The van der Waals surface area contributed by atoms with Crippen molar-refractivity contribution in [2.75, 3.05) is 0 Å².